The van der Waals surface area contributed by atoms with Gasteiger partial charge in [0.25, 0.3) is 0 Å². The molecule has 0 radical (unpaired) electrons. The Balaban J connectivity index is 0.00000114. The molecule has 144 valence electrons. The number of esters is 1. The minimum absolute atomic E-state index is 0.0621. The van der Waals surface area contributed by atoms with Crippen molar-refractivity contribution in [3.05, 3.63) is 42.2 Å². The Morgan fingerprint density at radius 2 is 1.93 bits per heavy atom. The van der Waals surface area contributed by atoms with Crippen LogP contribution in [0.15, 0.2) is 41.6 Å². The van der Waals surface area contributed by atoms with Crippen molar-refractivity contribution in [1.82, 2.24) is 4.98 Å². The number of anilines is 1. The van der Waals surface area contributed by atoms with E-state index in [0.29, 0.717) is 17.2 Å². The fraction of sp³-hybridized carbons (Fsp3) is 0.235. The summed E-state index contributed by atoms with van der Waals surface area (Å²) >= 11 is -0.750. The van der Waals surface area contributed by atoms with Crippen molar-refractivity contribution in [1.29, 1.82) is 0 Å². The zero-order valence-corrected chi connectivity index (χ0v) is 15.8. The summed E-state index contributed by atoms with van der Waals surface area (Å²) in [5.41, 5.74) is 4.00. The van der Waals surface area contributed by atoms with E-state index in [9.17, 15) is 9.90 Å². The SMILES string of the molecule is CCOC(=O)/C(C)=N/Nc1ccc(Oc2ccc(C)nc2)cc1O.O=S=O. The lowest BCUT2D eigenvalue weighted by Crippen LogP contribution is -2.15. The Morgan fingerprint density at radius 3 is 2.48 bits per heavy atom. The topological polar surface area (TPSA) is 127 Å². The fourth-order valence-electron chi connectivity index (χ4n) is 1.75. The predicted molar refractivity (Wildman–Crippen MR) is 99.4 cm³/mol. The second-order valence-electron chi connectivity index (χ2n) is 5.01. The summed E-state index contributed by atoms with van der Waals surface area (Å²) in [6.45, 7) is 5.39. The van der Waals surface area contributed by atoms with Crippen LogP contribution in [0.3, 0.4) is 0 Å². The fourth-order valence-corrected chi connectivity index (χ4v) is 1.75. The molecule has 0 aliphatic heterocycles. The number of ether oxygens (including phenoxy) is 2. The van der Waals surface area contributed by atoms with Gasteiger partial charge in [0.15, 0.2) is 0 Å². The van der Waals surface area contributed by atoms with E-state index in [1.54, 1.807) is 31.3 Å². The van der Waals surface area contributed by atoms with Crippen LogP contribution >= 0.6 is 0 Å². The molecule has 2 rings (SSSR count). The molecule has 0 aliphatic rings. The molecule has 0 atom stereocenters. The van der Waals surface area contributed by atoms with Crippen LogP contribution in [0.25, 0.3) is 0 Å². The molecule has 1 aromatic heterocycles. The highest BCUT2D eigenvalue weighted by Gasteiger charge is 2.08. The van der Waals surface area contributed by atoms with Gasteiger partial charge in [-0.15, -0.1) is 0 Å². The van der Waals surface area contributed by atoms with E-state index < -0.39 is 17.5 Å². The zero-order chi connectivity index (χ0) is 20.2. The monoisotopic (exact) mass is 393 g/mol. The lowest BCUT2D eigenvalue weighted by molar-refractivity contribution is -0.135. The van der Waals surface area contributed by atoms with Crippen LogP contribution in [0.4, 0.5) is 5.69 Å². The number of aryl methyl sites for hydroxylation is 1. The molecule has 0 bridgehead atoms. The van der Waals surface area contributed by atoms with Crippen molar-refractivity contribution in [3.63, 3.8) is 0 Å². The maximum absolute atomic E-state index is 11.4. The van der Waals surface area contributed by atoms with E-state index >= 15 is 0 Å². The maximum Gasteiger partial charge on any atom is 0.354 e. The van der Waals surface area contributed by atoms with Gasteiger partial charge in [-0.3, -0.25) is 10.4 Å². The summed E-state index contributed by atoms with van der Waals surface area (Å²) in [7, 11) is 0. The molecular formula is C17H19N3O6S. The Kier molecular flexibility index (Phi) is 9.16. The van der Waals surface area contributed by atoms with Crippen molar-refractivity contribution >= 4 is 28.9 Å². The molecule has 0 unspecified atom stereocenters. The summed E-state index contributed by atoms with van der Waals surface area (Å²) in [5.74, 6) is 0.441. The van der Waals surface area contributed by atoms with Crippen LogP contribution in [0, 0.1) is 6.92 Å². The number of carbonyl (C=O) groups is 1. The van der Waals surface area contributed by atoms with Gasteiger partial charge >= 0.3 is 17.5 Å². The van der Waals surface area contributed by atoms with Gasteiger partial charge in [-0.05, 0) is 45.0 Å². The van der Waals surface area contributed by atoms with Gasteiger partial charge in [0, 0.05) is 11.8 Å². The number of pyridine rings is 1. The van der Waals surface area contributed by atoms with E-state index in [4.69, 9.17) is 17.9 Å². The van der Waals surface area contributed by atoms with Crippen LogP contribution < -0.4 is 10.2 Å². The molecule has 0 saturated heterocycles. The van der Waals surface area contributed by atoms with E-state index in [-0.39, 0.29) is 18.1 Å². The first-order chi connectivity index (χ1) is 12.9. The lowest BCUT2D eigenvalue weighted by Gasteiger charge is -2.09. The number of phenolic OH excluding ortho intramolecular Hbond substituents is 1. The molecule has 2 N–H and O–H groups in total. The molecule has 0 saturated carbocycles. The molecule has 1 heterocycles. The highest BCUT2D eigenvalue weighted by Crippen LogP contribution is 2.30. The van der Waals surface area contributed by atoms with E-state index in [2.05, 4.69) is 15.5 Å². The smallest absolute Gasteiger partial charge is 0.354 e. The van der Waals surface area contributed by atoms with E-state index in [1.807, 2.05) is 13.0 Å². The summed E-state index contributed by atoms with van der Waals surface area (Å²) in [4.78, 5) is 15.6. The molecule has 2 aromatic rings. The second-order valence-corrected chi connectivity index (χ2v) is 5.15. The Bertz CT molecular complexity index is 833. The average Bonchev–Trinajstić information content (AvgIpc) is 2.63. The predicted octanol–water partition coefficient (Wildman–Crippen LogP) is 2.57. The first-order valence-electron chi connectivity index (χ1n) is 7.74. The Hall–Kier alpha value is -3.27. The number of nitrogens with one attached hydrogen (secondary N) is 1. The molecule has 0 amide bonds. The third kappa shape index (κ3) is 7.65. The number of hydrazone groups is 1. The van der Waals surface area contributed by atoms with Crippen molar-refractivity contribution in [2.45, 2.75) is 20.8 Å². The molecule has 9 nitrogen and oxygen atoms in total. The van der Waals surface area contributed by atoms with Gasteiger partial charge in [-0.25, -0.2) is 4.79 Å². The number of aromatic hydroxyl groups is 1. The summed E-state index contributed by atoms with van der Waals surface area (Å²) in [6, 6.07) is 8.32. The van der Waals surface area contributed by atoms with E-state index in [1.165, 1.54) is 13.0 Å². The standard InChI is InChI=1S/C17H19N3O4.O2S/c1-4-23-17(22)12(3)19-20-15-8-7-13(9-16(15)21)24-14-6-5-11(2)18-10-14;1-3-2/h5-10,20-21H,4H2,1-3H3;/b19-12+;. The Morgan fingerprint density at radius 1 is 1.26 bits per heavy atom. The van der Waals surface area contributed by atoms with Crippen LogP contribution in [0.2, 0.25) is 0 Å². The number of carbonyl (C=O) groups excluding carboxylic acids is 1. The van der Waals surface area contributed by atoms with Gasteiger partial charge in [-0.2, -0.15) is 13.5 Å². The highest BCUT2D eigenvalue weighted by atomic mass is 32.1. The van der Waals surface area contributed by atoms with Crippen molar-refractivity contribution in [2.24, 2.45) is 5.10 Å². The van der Waals surface area contributed by atoms with Gasteiger partial charge < -0.3 is 14.6 Å². The lowest BCUT2D eigenvalue weighted by atomic mass is 10.3. The number of rotatable bonds is 6. The largest absolute Gasteiger partial charge is 0.506 e. The van der Waals surface area contributed by atoms with Crippen molar-refractivity contribution in [2.75, 3.05) is 12.0 Å². The molecule has 0 aliphatic carbocycles. The summed E-state index contributed by atoms with van der Waals surface area (Å²) in [6.07, 6.45) is 1.60. The quantitative estimate of drug-likeness (QED) is 0.332. The van der Waals surface area contributed by atoms with Crippen molar-refractivity contribution in [3.8, 4) is 17.2 Å². The molecule has 0 spiro atoms. The molecule has 10 heteroatoms. The van der Waals surface area contributed by atoms with Gasteiger partial charge in [-0.1, -0.05) is 0 Å². The molecule has 1 aromatic carbocycles. The van der Waals surface area contributed by atoms with Crippen LogP contribution in [-0.2, 0) is 21.1 Å². The third-order valence-corrected chi connectivity index (χ3v) is 3.00. The van der Waals surface area contributed by atoms with Gasteiger partial charge in [0.05, 0.1) is 18.5 Å². The van der Waals surface area contributed by atoms with Gasteiger partial charge in [0.1, 0.15) is 23.0 Å². The number of aromatic nitrogens is 1. The summed E-state index contributed by atoms with van der Waals surface area (Å²) < 4.78 is 27.0. The number of phenols is 1. The van der Waals surface area contributed by atoms with Crippen molar-refractivity contribution < 1.29 is 27.8 Å². The maximum atomic E-state index is 11.4. The number of hydrogen-bond acceptors (Lipinski definition) is 9. The average molecular weight is 393 g/mol. The first-order valence-corrected chi connectivity index (χ1v) is 8.40. The van der Waals surface area contributed by atoms with E-state index in [0.717, 1.165) is 5.69 Å². The molecule has 0 fully saturated rings. The van der Waals surface area contributed by atoms with Crippen LogP contribution in [0.5, 0.6) is 17.2 Å². The van der Waals surface area contributed by atoms with Crippen LogP contribution in [0.1, 0.15) is 19.5 Å². The van der Waals surface area contributed by atoms with Crippen LogP contribution in [-0.4, -0.2) is 36.8 Å². The number of hydrogen-bond donors (Lipinski definition) is 2. The summed E-state index contributed by atoms with van der Waals surface area (Å²) in [5, 5.41) is 13.9. The zero-order valence-electron chi connectivity index (χ0n) is 15.0. The molecule has 27 heavy (non-hydrogen) atoms. The number of nitrogens with zero attached hydrogens (tertiary/aromatic N) is 2. The molecular weight excluding hydrogens is 374 g/mol. The first kappa shape index (κ1) is 21.8. The number of benzene rings is 1. The highest BCUT2D eigenvalue weighted by molar-refractivity contribution is 7.51. The third-order valence-electron chi connectivity index (χ3n) is 3.00. The Labute approximate surface area is 159 Å². The minimum Gasteiger partial charge on any atom is -0.506 e. The van der Waals surface area contributed by atoms with Gasteiger partial charge in [0.2, 0.25) is 0 Å². The normalized spacial score (nSPS) is 10.3. The minimum atomic E-state index is -0.750. The second kappa shape index (κ2) is 11.4.